The topological polar surface area (TPSA) is 58.6 Å². The van der Waals surface area contributed by atoms with E-state index in [1.807, 2.05) is 68.4 Å². The molecule has 0 heterocycles. The average Bonchev–Trinajstić information content (AvgIpc) is 2.76. The van der Waals surface area contributed by atoms with Crippen molar-refractivity contribution in [3.63, 3.8) is 0 Å². The summed E-state index contributed by atoms with van der Waals surface area (Å²) in [7, 11) is 0. The van der Waals surface area contributed by atoms with E-state index in [2.05, 4.69) is 5.32 Å². The lowest BCUT2D eigenvalue weighted by Crippen LogP contribution is -2.50. The van der Waals surface area contributed by atoms with Crippen molar-refractivity contribution >= 4 is 34.2 Å². The van der Waals surface area contributed by atoms with Crippen molar-refractivity contribution in [1.29, 1.82) is 0 Å². The van der Waals surface area contributed by atoms with Crippen molar-refractivity contribution in [1.82, 2.24) is 10.2 Å². The molecule has 162 valence electrons. The van der Waals surface area contributed by atoms with Gasteiger partial charge in [-0.1, -0.05) is 60.1 Å². The van der Waals surface area contributed by atoms with E-state index in [1.54, 1.807) is 19.1 Å². The normalized spacial score (nSPS) is 11.9. The van der Waals surface area contributed by atoms with E-state index in [-0.39, 0.29) is 31.0 Å². The monoisotopic (exact) mass is 438 g/mol. The van der Waals surface area contributed by atoms with Gasteiger partial charge in [-0.2, -0.15) is 0 Å². The molecule has 0 aliphatic carbocycles. The molecule has 0 saturated heterocycles. The van der Waals surface area contributed by atoms with Gasteiger partial charge in [0, 0.05) is 23.0 Å². The number of nitrogens with one attached hydrogen (secondary N) is 1. The number of hydrogen-bond acceptors (Lipinski definition) is 3. The van der Waals surface area contributed by atoms with Crippen LogP contribution in [0.1, 0.15) is 26.3 Å². The van der Waals surface area contributed by atoms with E-state index in [1.165, 1.54) is 4.90 Å². The van der Waals surface area contributed by atoms with Gasteiger partial charge in [-0.3, -0.25) is 9.59 Å². The summed E-state index contributed by atoms with van der Waals surface area (Å²) < 4.78 is 5.89. The summed E-state index contributed by atoms with van der Waals surface area (Å²) in [6.07, 6.45) is 0. The van der Waals surface area contributed by atoms with Crippen molar-refractivity contribution in [2.45, 2.75) is 39.4 Å². The highest BCUT2D eigenvalue weighted by Crippen LogP contribution is 2.25. The Morgan fingerprint density at radius 3 is 2.35 bits per heavy atom. The molecular formula is C25H27ClN2O3. The minimum atomic E-state index is -0.651. The van der Waals surface area contributed by atoms with Gasteiger partial charge >= 0.3 is 0 Å². The molecule has 0 fully saturated rings. The molecule has 0 radical (unpaired) electrons. The van der Waals surface area contributed by atoms with E-state index in [0.717, 1.165) is 16.3 Å². The molecule has 0 aromatic heterocycles. The summed E-state index contributed by atoms with van der Waals surface area (Å²) in [4.78, 5) is 27.3. The number of halogens is 1. The number of ether oxygens (including phenoxy) is 1. The van der Waals surface area contributed by atoms with Crippen LogP contribution in [-0.4, -0.2) is 35.4 Å². The fourth-order valence-corrected chi connectivity index (χ4v) is 3.44. The Hall–Kier alpha value is -3.05. The summed E-state index contributed by atoms with van der Waals surface area (Å²) in [5, 5.41) is 5.47. The second kappa shape index (κ2) is 10.3. The van der Waals surface area contributed by atoms with Crippen molar-refractivity contribution < 1.29 is 14.3 Å². The SMILES string of the molecule is CC(C)NC(=O)[C@@H](C)N(Cc1ccc(Cl)cc1)C(=O)COc1cccc2ccccc12. The molecule has 6 heteroatoms. The van der Waals surface area contributed by atoms with E-state index < -0.39 is 6.04 Å². The Morgan fingerprint density at radius 1 is 0.968 bits per heavy atom. The van der Waals surface area contributed by atoms with Crippen molar-refractivity contribution in [2.24, 2.45) is 0 Å². The summed E-state index contributed by atoms with van der Waals surface area (Å²) in [5.74, 6) is 0.161. The van der Waals surface area contributed by atoms with Crippen LogP contribution in [-0.2, 0) is 16.1 Å². The molecule has 0 spiro atoms. The molecule has 1 N–H and O–H groups in total. The molecule has 0 bridgehead atoms. The van der Waals surface area contributed by atoms with Gasteiger partial charge < -0.3 is 15.0 Å². The van der Waals surface area contributed by atoms with Crippen molar-refractivity contribution in [3.8, 4) is 5.75 Å². The third-order valence-corrected chi connectivity index (χ3v) is 5.22. The molecule has 3 rings (SSSR count). The highest BCUT2D eigenvalue weighted by molar-refractivity contribution is 6.30. The number of nitrogens with zero attached hydrogens (tertiary/aromatic N) is 1. The minimum Gasteiger partial charge on any atom is -0.483 e. The quantitative estimate of drug-likeness (QED) is 0.548. The van der Waals surface area contributed by atoms with Crippen molar-refractivity contribution in [3.05, 3.63) is 77.3 Å². The Labute approximate surface area is 188 Å². The minimum absolute atomic E-state index is 0.0191. The van der Waals surface area contributed by atoms with Crippen LogP contribution in [0.15, 0.2) is 66.7 Å². The second-order valence-electron chi connectivity index (χ2n) is 7.75. The Bertz CT molecular complexity index is 1040. The number of fused-ring (bicyclic) bond motifs is 1. The molecule has 31 heavy (non-hydrogen) atoms. The van der Waals surface area contributed by atoms with Crippen LogP contribution >= 0.6 is 11.6 Å². The number of benzene rings is 3. The average molecular weight is 439 g/mol. The summed E-state index contributed by atoms with van der Waals surface area (Å²) >= 11 is 5.98. The molecule has 0 saturated carbocycles. The lowest BCUT2D eigenvalue weighted by molar-refractivity contribution is -0.142. The van der Waals surface area contributed by atoms with Gasteiger partial charge in [-0.15, -0.1) is 0 Å². The number of hydrogen-bond donors (Lipinski definition) is 1. The highest BCUT2D eigenvalue weighted by Gasteiger charge is 2.27. The largest absolute Gasteiger partial charge is 0.483 e. The summed E-state index contributed by atoms with van der Waals surface area (Å²) in [5.41, 5.74) is 0.882. The molecule has 5 nitrogen and oxygen atoms in total. The highest BCUT2D eigenvalue weighted by atomic mass is 35.5. The first kappa shape index (κ1) is 22.6. The van der Waals surface area contributed by atoms with Gasteiger partial charge in [-0.25, -0.2) is 0 Å². The zero-order valence-electron chi connectivity index (χ0n) is 18.0. The maximum absolute atomic E-state index is 13.2. The maximum atomic E-state index is 13.2. The van der Waals surface area contributed by atoms with E-state index in [9.17, 15) is 9.59 Å². The lowest BCUT2D eigenvalue weighted by atomic mass is 10.1. The molecule has 3 aromatic rings. The molecule has 2 amide bonds. The molecule has 0 aliphatic heterocycles. The first-order valence-corrected chi connectivity index (χ1v) is 10.7. The van der Waals surface area contributed by atoms with Crippen LogP contribution in [0, 0.1) is 0 Å². The number of rotatable bonds is 8. The van der Waals surface area contributed by atoms with Crippen LogP contribution in [0.4, 0.5) is 0 Å². The third-order valence-electron chi connectivity index (χ3n) is 4.97. The third kappa shape index (κ3) is 5.98. The predicted octanol–water partition coefficient (Wildman–Crippen LogP) is 4.81. The van der Waals surface area contributed by atoms with Gasteiger partial charge in [0.25, 0.3) is 5.91 Å². The molecule has 1 atom stereocenters. The standard InChI is InChI=1S/C25H27ClN2O3/c1-17(2)27-25(30)18(3)28(15-19-11-13-21(26)14-12-19)24(29)16-31-23-10-6-8-20-7-4-5-9-22(20)23/h4-14,17-18H,15-16H2,1-3H3,(H,27,30)/t18-/m1/s1. The van der Waals surface area contributed by atoms with Crippen LogP contribution in [0.25, 0.3) is 10.8 Å². The first-order valence-electron chi connectivity index (χ1n) is 10.3. The van der Waals surface area contributed by atoms with Gasteiger partial charge in [0.1, 0.15) is 11.8 Å². The van der Waals surface area contributed by atoms with E-state index in [0.29, 0.717) is 10.8 Å². The van der Waals surface area contributed by atoms with Crippen molar-refractivity contribution in [2.75, 3.05) is 6.61 Å². The zero-order chi connectivity index (χ0) is 22.4. The summed E-state index contributed by atoms with van der Waals surface area (Å²) in [6, 6.07) is 20.1. The second-order valence-corrected chi connectivity index (χ2v) is 8.19. The number of amides is 2. The Morgan fingerprint density at radius 2 is 1.65 bits per heavy atom. The van der Waals surface area contributed by atoms with Crippen LogP contribution in [0.5, 0.6) is 5.75 Å². The first-order chi connectivity index (χ1) is 14.8. The Balaban J connectivity index is 1.78. The van der Waals surface area contributed by atoms with Crippen LogP contribution in [0.2, 0.25) is 5.02 Å². The molecule has 3 aromatic carbocycles. The summed E-state index contributed by atoms with van der Waals surface area (Å²) in [6.45, 7) is 5.62. The lowest BCUT2D eigenvalue weighted by Gasteiger charge is -2.29. The van der Waals surface area contributed by atoms with Gasteiger partial charge in [0.15, 0.2) is 6.61 Å². The van der Waals surface area contributed by atoms with E-state index >= 15 is 0 Å². The fraction of sp³-hybridized carbons (Fsp3) is 0.280. The number of carbonyl (C=O) groups is 2. The van der Waals surface area contributed by atoms with Crippen LogP contribution < -0.4 is 10.1 Å². The van der Waals surface area contributed by atoms with Crippen LogP contribution in [0.3, 0.4) is 0 Å². The predicted molar refractivity (Wildman–Crippen MR) is 124 cm³/mol. The molecular weight excluding hydrogens is 412 g/mol. The zero-order valence-corrected chi connectivity index (χ0v) is 18.7. The number of carbonyl (C=O) groups excluding carboxylic acids is 2. The van der Waals surface area contributed by atoms with Gasteiger partial charge in [-0.05, 0) is 49.9 Å². The maximum Gasteiger partial charge on any atom is 0.261 e. The van der Waals surface area contributed by atoms with E-state index in [4.69, 9.17) is 16.3 Å². The Kier molecular flexibility index (Phi) is 7.53. The molecule has 0 unspecified atom stereocenters. The van der Waals surface area contributed by atoms with Gasteiger partial charge in [0.05, 0.1) is 0 Å². The fourth-order valence-electron chi connectivity index (χ4n) is 3.32. The smallest absolute Gasteiger partial charge is 0.261 e. The molecule has 0 aliphatic rings. The van der Waals surface area contributed by atoms with Gasteiger partial charge in [0.2, 0.25) is 5.91 Å².